The highest BCUT2D eigenvalue weighted by molar-refractivity contribution is 5.93. The first-order valence-corrected chi connectivity index (χ1v) is 9.66. The fourth-order valence-electron chi connectivity index (χ4n) is 3.19. The van der Waals surface area contributed by atoms with Gasteiger partial charge in [0.15, 0.2) is 0 Å². The van der Waals surface area contributed by atoms with Crippen molar-refractivity contribution >= 4 is 11.7 Å². The number of aryl methyl sites for hydroxylation is 1. The maximum Gasteiger partial charge on any atom is 0.272 e. The molecule has 3 rings (SSSR count). The van der Waals surface area contributed by atoms with Crippen LogP contribution in [-0.2, 0) is 6.54 Å². The summed E-state index contributed by atoms with van der Waals surface area (Å²) in [6.07, 6.45) is 0. The molecule has 2 aromatic rings. The molecule has 0 spiro atoms. The van der Waals surface area contributed by atoms with E-state index < -0.39 is 0 Å². The monoisotopic (exact) mass is 367 g/mol. The summed E-state index contributed by atoms with van der Waals surface area (Å²) in [6.45, 7) is 11.1. The average Bonchev–Trinajstić information content (AvgIpc) is 2.67. The van der Waals surface area contributed by atoms with Crippen LogP contribution in [0.4, 0.5) is 5.82 Å². The van der Waals surface area contributed by atoms with Crippen molar-refractivity contribution in [2.24, 2.45) is 5.92 Å². The van der Waals surface area contributed by atoms with E-state index in [-0.39, 0.29) is 5.91 Å². The van der Waals surface area contributed by atoms with E-state index in [1.54, 1.807) is 6.07 Å². The predicted molar refractivity (Wildman–Crippen MR) is 108 cm³/mol. The van der Waals surface area contributed by atoms with Crippen LogP contribution in [0.1, 0.15) is 35.7 Å². The first-order valence-electron chi connectivity index (χ1n) is 9.66. The second kappa shape index (κ2) is 8.95. The number of carbonyl (C=O) groups excluding carboxylic acids is 1. The molecule has 0 saturated carbocycles. The molecule has 1 fully saturated rings. The molecule has 0 radical (unpaired) electrons. The third kappa shape index (κ3) is 5.50. The molecule has 0 unspecified atom stereocenters. The van der Waals surface area contributed by atoms with E-state index in [0.29, 0.717) is 17.4 Å². The van der Waals surface area contributed by atoms with E-state index in [1.165, 1.54) is 5.56 Å². The van der Waals surface area contributed by atoms with Crippen molar-refractivity contribution in [3.63, 3.8) is 0 Å². The van der Waals surface area contributed by atoms with Crippen LogP contribution in [0.25, 0.3) is 0 Å². The lowest BCUT2D eigenvalue weighted by atomic mass is 10.2. The number of hydrogen-bond donors (Lipinski definition) is 1. The van der Waals surface area contributed by atoms with Crippen LogP contribution in [0.15, 0.2) is 36.4 Å². The van der Waals surface area contributed by atoms with E-state index in [0.717, 1.165) is 45.1 Å². The standard InChI is InChI=1S/C21H29N5O/c1-16(2)14-22-20-13-19(23-17(3)24-20)21(27)26-11-9-25(10-12-26)15-18-7-5-4-6-8-18/h4-8,13,16H,9-12,14-15H2,1-3H3,(H,22,23,24). The van der Waals surface area contributed by atoms with Gasteiger partial charge in [0.1, 0.15) is 17.3 Å². The van der Waals surface area contributed by atoms with Crippen molar-refractivity contribution in [1.82, 2.24) is 19.8 Å². The van der Waals surface area contributed by atoms with Crippen molar-refractivity contribution in [1.29, 1.82) is 0 Å². The Morgan fingerprint density at radius 3 is 2.48 bits per heavy atom. The van der Waals surface area contributed by atoms with E-state index >= 15 is 0 Å². The van der Waals surface area contributed by atoms with Gasteiger partial charge >= 0.3 is 0 Å². The van der Waals surface area contributed by atoms with E-state index in [1.807, 2.05) is 17.9 Å². The molecule has 144 valence electrons. The predicted octanol–water partition coefficient (Wildman–Crippen LogP) is 2.81. The minimum Gasteiger partial charge on any atom is -0.370 e. The van der Waals surface area contributed by atoms with Crippen molar-refractivity contribution < 1.29 is 4.79 Å². The molecule has 1 N–H and O–H groups in total. The number of aromatic nitrogens is 2. The molecule has 2 heterocycles. The summed E-state index contributed by atoms with van der Waals surface area (Å²) in [4.78, 5) is 25.9. The highest BCUT2D eigenvalue weighted by atomic mass is 16.2. The molecule has 0 atom stereocenters. The Balaban J connectivity index is 1.58. The Kier molecular flexibility index (Phi) is 6.40. The third-order valence-electron chi connectivity index (χ3n) is 4.66. The average molecular weight is 367 g/mol. The summed E-state index contributed by atoms with van der Waals surface area (Å²) in [5.41, 5.74) is 1.79. The number of piperazine rings is 1. The Bertz CT molecular complexity index is 754. The number of nitrogens with zero attached hydrogens (tertiary/aromatic N) is 4. The first kappa shape index (κ1) is 19.3. The molecule has 6 nitrogen and oxygen atoms in total. The van der Waals surface area contributed by atoms with Gasteiger partial charge in [-0.25, -0.2) is 9.97 Å². The normalized spacial score (nSPS) is 15.2. The number of rotatable bonds is 6. The van der Waals surface area contributed by atoms with Crippen LogP contribution in [0.5, 0.6) is 0 Å². The van der Waals surface area contributed by atoms with E-state index in [2.05, 4.69) is 58.3 Å². The molecule has 6 heteroatoms. The molecular formula is C21H29N5O. The van der Waals surface area contributed by atoms with Crippen LogP contribution in [0, 0.1) is 12.8 Å². The van der Waals surface area contributed by atoms with Crippen LogP contribution in [0.3, 0.4) is 0 Å². The molecule has 0 aliphatic carbocycles. The van der Waals surface area contributed by atoms with Crippen LogP contribution in [-0.4, -0.2) is 58.4 Å². The van der Waals surface area contributed by atoms with Gasteiger partial charge in [-0.05, 0) is 18.4 Å². The van der Waals surface area contributed by atoms with Crippen molar-refractivity contribution in [2.45, 2.75) is 27.3 Å². The van der Waals surface area contributed by atoms with Gasteiger partial charge in [-0.2, -0.15) is 0 Å². The molecular weight excluding hydrogens is 338 g/mol. The number of carbonyl (C=O) groups is 1. The largest absolute Gasteiger partial charge is 0.370 e. The van der Waals surface area contributed by atoms with Crippen molar-refractivity contribution in [3.8, 4) is 0 Å². The first-order chi connectivity index (χ1) is 13.0. The molecule has 1 amide bonds. The lowest BCUT2D eigenvalue weighted by Crippen LogP contribution is -2.48. The number of nitrogens with one attached hydrogen (secondary N) is 1. The summed E-state index contributed by atoms with van der Waals surface area (Å²) in [7, 11) is 0. The SMILES string of the molecule is Cc1nc(NCC(C)C)cc(C(=O)N2CCN(Cc3ccccc3)CC2)n1. The molecule has 1 saturated heterocycles. The van der Waals surface area contributed by atoms with Crippen LogP contribution >= 0.6 is 0 Å². The topological polar surface area (TPSA) is 61.4 Å². The van der Waals surface area contributed by atoms with Crippen LogP contribution < -0.4 is 5.32 Å². The molecule has 27 heavy (non-hydrogen) atoms. The van der Waals surface area contributed by atoms with Crippen LogP contribution in [0.2, 0.25) is 0 Å². The van der Waals surface area contributed by atoms with Crippen molar-refractivity contribution in [2.75, 3.05) is 38.0 Å². The van der Waals surface area contributed by atoms with Gasteiger partial charge in [-0.1, -0.05) is 44.2 Å². The lowest BCUT2D eigenvalue weighted by molar-refractivity contribution is 0.0622. The maximum absolute atomic E-state index is 12.9. The Morgan fingerprint density at radius 1 is 1.11 bits per heavy atom. The quantitative estimate of drug-likeness (QED) is 0.851. The van der Waals surface area contributed by atoms with Crippen molar-refractivity contribution in [3.05, 3.63) is 53.5 Å². The van der Waals surface area contributed by atoms with Gasteiger partial charge in [0.05, 0.1) is 0 Å². The van der Waals surface area contributed by atoms with E-state index in [4.69, 9.17) is 0 Å². The summed E-state index contributed by atoms with van der Waals surface area (Å²) in [5, 5.41) is 3.29. The molecule has 1 aromatic carbocycles. The second-order valence-corrected chi connectivity index (χ2v) is 7.51. The Labute approximate surface area is 161 Å². The lowest BCUT2D eigenvalue weighted by Gasteiger charge is -2.34. The smallest absolute Gasteiger partial charge is 0.272 e. The summed E-state index contributed by atoms with van der Waals surface area (Å²) < 4.78 is 0. The van der Waals surface area contributed by atoms with Gasteiger partial charge in [0, 0.05) is 45.3 Å². The number of benzene rings is 1. The fraction of sp³-hybridized carbons (Fsp3) is 0.476. The zero-order valence-corrected chi connectivity index (χ0v) is 16.5. The fourth-order valence-corrected chi connectivity index (χ4v) is 3.19. The number of hydrogen-bond acceptors (Lipinski definition) is 5. The zero-order chi connectivity index (χ0) is 19.2. The van der Waals surface area contributed by atoms with Gasteiger partial charge < -0.3 is 10.2 Å². The number of anilines is 1. The Hall–Kier alpha value is -2.47. The molecule has 1 aromatic heterocycles. The molecule has 0 bridgehead atoms. The minimum absolute atomic E-state index is 0.00698. The van der Waals surface area contributed by atoms with Gasteiger partial charge in [-0.3, -0.25) is 9.69 Å². The highest BCUT2D eigenvalue weighted by Gasteiger charge is 2.23. The van der Waals surface area contributed by atoms with Gasteiger partial charge in [0.2, 0.25) is 0 Å². The van der Waals surface area contributed by atoms with E-state index in [9.17, 15) is 4.79 Å². The van der Waals surface area contributed by atoms with Gasteiger partial charge in [0.25, 0.3) is 5.91 Å². The third-order valence-corrected chi connectivity index (χ3v) is 4.66. The maximum atomic E-state index is 12.9. The summed E-state index contributed by atoms with van der Waals surface area (Å²) in [5.74, 6) is 1.85. The second-order valence-electron chi connectivity index (χ2n) is 7.51. The number of amides is 1. The molecule has 1 aliphatic heterocycles. The summed E-state index contributed by atoms with van der Waals surface area (Å²) >= 11 is 0. The highest BCUT2D eigenvalue weighted by Crippen LogP contribution is 2.13. The Morgan fingerprint density at radius 2 is 1.81 bits per heavy atom. The zero-order valence-electron chi connectivity index (χ0n) is 16.5. The summed E-state index contributed by atoms with van der Waals surface area (Å²) in [6, 6.07) is 12.2. The molecule has 1 aliphatic rings. The van der Waals surface area contributed by atoms with Gasteiger partial charge in [-0.15, -0.1) is 0 Å². The minimum atomic E-state index is -0.00698.